The van der Waals surface area contributed by atoms with Gasteiger partial charge in [0.2, 0.25) is 11.8 Å². The molecule has 0 saturated carbocycles. The summed E-state index contributed by atoms with van der Waals surface area (Å²) in [6.07, 6.45) is 4.70. The number of esters is 1. The minimum absolute atomic E-state index is 0.319. The van der Waals surface area contributed by atoms with Crippen molar-refractivity contribution >= 4 is 40.0 Å². The zero-order valence-corrected chi connectivity index (χ0v) is 14.5. The molecule has 1 saturated heterocycles. The maximum atomic E-state index is 12.3. The van der Waals surface area contributed by atoms with Gasteiger partial charge >= 0.3 is 5.97 Å². The van der Waals surface area contributed by atoms with Gasteiger partial charge in [-0.2, -0.15) is 5.26 Å². The first kappa shape index (κ1) is 17.8. The van der Waals surface area contributed by atoms with Crippen LogP contribution in [0.4, 0.5) is 5.00 Å². The smallest absolute Gasteiger partial charge is 0.326 e. The summed E-state index contributed by atoms with van der Waals surface area (Å²) in [4.78, 5) is 49.2. The number of fused-ring (bicyclic) bond motifs is 1. The first-order valence-electron chi connectivity index (χ1n) is 7.94. The molecule has 1 N–H and O–H groups in total. The number of ether oxygens (including phenoxy) is 1. The summed E-state index contributed by atoms with van der Waals surface area (Å²) >= 11 is 1.18. The second kappa shape index (κ2) is 7.49. The van der Waals surface area contributed by atoms with Crippen molar-refractivity contribution in [2.24, 2.45) is 11.8 Å². The van der Waals surface area contributed by atoms with Crippen LogP contribution in [0.1, 0.15) is 18.4 Å². The first-order chi connectivity index (χ1) is 12.5. The van der Waals surface area contributed by atoms with Gasteiger partial charge in [-0.3, -0.25) is 24.1 Å². The molecule has 26 heavy (non-hydrogen) atoms. The van der Waals surface area contributed by atoms with Gasteiger partial charge in [0.15, 0.2) is 6.61 Å². The van der Waals surface area contributed by atoms with Crippen LogP contribution in [-0.2, 0) is 23.9 Å². The molecule has 0 unspecified atom stereocenters. The highest BCUT2D eigenvalue weighted by atomic mass is 32.1. The number of hydrogen-bond donors (Lipinski definition) is 1. The minimum atomic E-state index is -0.833. The predicted molar refractivity (Wildman–Crippen MR) is 90.7 cm³/mol. The number of nitrogens with one attached hydrogen (secondary N) is 1. The van der Waals surface area contributed by atoms with Gasteiger partial charge in [-0.05, 0) is 24.3 Å². The van der Waals surface area contributed by atoms with Crippen LogP contribution in [0.2, 0.25) is 0 Å². The van der Waals surface area contributed by atoms with Gasteiger partial charge < -0.3 is 10.1 Å². The Balaban J connectivity index is 1.50. The van der Waals surface area contributed by atoms with Crippen LogP contribution in [0.5, 0.6) is 0 Å². The highest BCUT2D eigenvalue weighted by Crippen LogP contribution is 2.34. The molecule has 2 heterocycles. The number of rotatable bonds is 5. The average Bonchev–Trinajstić information content (AvgIpc) is 3.18. The molecule has 2 aliphatic rings. The Bertz CT molecular complexity index is 812. The summed E-state index contributed by atoms with van der Waals surface area (Å²) in [7, 11) is 0. The number of likely N-dealkylation sites (tertiary alicyclic amines) is 1. The second-order valence-electron chi connectivity index (χ2n) is 5.90. The van der Waals surface area contributed by atoms with Crippen LogP contribution < -0.4 is 5.32 Å². The Labute approximate surface area is 153 Å². The minimum Gasteiger partial charge on any atom is -0.454 e. The van der Waals surface area contributed by atoms with Gasteiger partial charge in [0.1, 0.15) is 17.6 Å². The Kier molecular flexibility index (Phi) is 5.14. The van der Waals surface area contributed by atoms with E-state index in [-0.39, 0.29) is 11.8 Å². The van der Waals surface area contributed by atoms with E-state index in [0.717, 1.165) is 4.90 Å². The monoisotopic (exact) mass is 373 g/mol. The third kappa shape index (κ3) is 3.50. The Morgan fingerprint density at radius 1 is 1.27 bits per heavy atom. The van der Waals surface area contributed by atoms with Crippen molar-refractivity contribution in [3.63, 3.8) is 0 Å². The zero-order chi connectivity index (χ0) is 18.7. The molecule has 1 fully saturated rings. The molecular formula is C17H15N3O5S. The third-order valence-corrected chi connectivity index (χ3v) is 5.12. The Morgan fingerprint density at radius 3 is 2.54 bits per heavy atom. The fourth-order valence-corrected chi connectivity index (χ4v) is 3.76. The van der Waals surface area contributed by atoms with Gasteiger partial charge in [-0.1, -0.05) is 12.2 Å². The lowest BCUT2D eigenvalue weighted by Gasteiger charge is -2.14. The van der Waals surface area contributed by atoms with Crippen molar-refractivity contribution in [2.45, 2.75) is 12.8 Å². The van der Waals surface area contributed by atoms with Crippen LogP contribution in [0.15, 0.2) is 23.6 Å². The van der Waals surface area contributed by atoms with Gasteiger partial charge in [-0.25, -0.2) is 0 Å². The summed E-state index contributed by atoms with van der Waals surface area (Å²) in [6, 6.07) is 3.49. The van der Waals surface area contributed by atoms with Crippen molar-refractivity contribution in [1.82, 2.24) is 4.90 Å². The summed E-state index contributed by atoms with van der Waals surface area (Å²) in [5, 5.41) is 13.4. The molecule has 134 valence electrons. The number of carbonyl (C=O) groups excluding carboxylic acids is 4. The molecule has 0 aromatic carbocycles. The van der Waals surface area contributed by atoms with E-state index < -0.39 is 36.9 Å². The number of nitrogens with zero attached hydrogens (tertiary/aromatic N) is 2. The number of carbonyl (C=O) groups is 4. The predicted octanol–water partition coefficient (Wildman–Crippen LogP) is 1.05. The SMILES string of the molecule is N#Cc1ccsc1NC(=O)COC(=O)CN1C(=O)[C@@H]2CC=CC[C@H]2C1=O. The van der Waals surface area contributed by atoms with E-state index in [0.29, 0.717) is 23.4 Å². The standard InChI is InChI=1S/C17H15N3O5S/c18-7-10-5-6-26-15(10)19-13(21)9-25-14(22)8-20-16(23)11-3-1-2-4-12(11)17(20)24/h1-2,5-6,11-12H,3-4,8-9H2,(H,19,21)/t11-,12-/m1/s1. The quantitative estimate of drug-likeness (QED) is 0.468. The molecule has 8 nitrogen and oxygen atoms in total. The molecule has 2 atom stereocenters. The van der Waals surface area contributed by atoms with Gasteiger partial charge in [0.05, 0.1) is 17.4 Å². The molecule has 1 aromatic heterocycles. The van der Waals surface area contributed by atoms with E-state index in [1.54, 1.807) is 11.4 Å². The van der Waals surface area contributed by atoms with Gasteiger partial charge in [0, 0.05) is 0 Å². The van der Waals surface area contributed by atoms with E-state index in [1.807, 2.05) is 18.2 Å². The van der Waals surface area contributed by atoms with Crippen molar-refractivity contribution in [3.05, 3.63) is 29.2 Å². The van der Waals surface area contributed by atoms with Crippen molar-refractivity contribution in [3.8, 4) is 6.07 Å². The maximum Gasteiger partial charge on any atom is 0.326 e. The fraction of sp³-hybridized carbons (Fsp3) is 0.353. The second-order valence-corrected chi connectivity index (χ2v) is 6.82. The Morgan fingerprint density at radius 2 is 1.92 bits per heavy atom. The third-order valence-electron chi connectivity index (χ3n) is 4.29. The maximum absolute atomic E-state index is 12.3. The molecule has 0 bridgehead atoms. The summed E-state index contributed by atoms with van der Waals surface area (Å²) in [5.41, 5.74) is 0.319. The molecule has 3 rings (SSSR count). The highest BCUT2D eigenvalue weighted by molar-refractivity contribution is 7.14. The molecule has 1 aliphatic carbocycles. The molecule has 9 heteroatoms. The summed E-state index contributed by atoms with van der Waals surface area (Å²) in [5.74, 6) is -3.00. The lowest BCUT2D eigenvalue weighted by molar-refractivity contribution is -0.154. The van der Waals surface area contributed by atoms with Crippen LogP contribution in [0, 0.1) is 23.2 Å². The van der Waals surface area contributed by atoms with Crippen molar-refractivity contribution < 1.29 is 23.9 Å². The van der Waals surface area contributed by atoms with Crippen LogP contribution in [0.25, 0.3) is 0 Å². The molecule has 1 aromatic rings. The normalized spacial score (nSPS) is 21.3. The zero-order valence-electron chi connectivity index (χ0n) is 13.6. The molecule has 3 amide bonds. The van der Waals surface area contributed by atoms with E-state index in [2.05, 4.69) is 5.32 Å². The van der Waals surface area contributed by atoms with Crippen LogP contribution in [0.3, 0.4) is 0 Å². The van der Waals surface area contributed by atoms with E-state index in [4.69, 9.17) is 10.00 Å². The number of thiophene rings is 1. The molecule has 1 aliphatic heterocycles. The first-order valence-corrected chi connectivity index (χ1v) is 8.82. The number of amides is 3. The van der Waals surface area contributed by atoms with Crippen LogP contribution >= 0.6 is 11.3 Å². The number of anilines is 1. The summed E-state index contributed by atoms with van der Waals surface area (Å²) < 4.78 is 4.85. The molecule has 0 spiro atoms. The highest BCUT2D eigenvalue weighted by Gasteiger charge is 2.47. The summed E-state index contributed by atoms with van der Waals surface area (Å²) in [6.45, 7) is -1.06. The average molecular weight is 373 g/mol. The van der Waals surface area contributed by atoms with Crippen LogP contribution in [-0.4, -0.2) is 41.7 Å². The number of allylic oxidation sites excluding steroid dienone is 2. The van der Waals surface area contributed by atoms with E-state index in [9.17, 15) is 19.2 Å². The molecular weight excluding hydrogens is 358 g/mol. The number of hydrogen-bond acceptors (Lipinski definition) is 7. The van der Waals surface area contributed by atoms with Crippen molar-refractivity contribution in [2.75, 3.05) is 18.5 Å². The van der Waals surface area contributed by atoms with Gasteiger partial charge in [0.25, 0.3) is 5.91 Å². The largest absolute Gasteiger partial charge is 0.454 e. The van der Waals surface area contributed by atoms with Gasteiger partial charge in [-0.15, -0.1) is 11.3 Å². The fourth-order valence-electron chi connectivity index (χ4n) is 3.00. The molecule has 0 radical (unpaired) electrons. The van der Waals surface area contributed by atoms with E-state index >= 15 is 0 Å². The lowest BCUT2D eigenvalue weighted by Crippen LogP contribution is -2.37. The lowest BCUT2D eigenvalue weighted by atomic mass is 9.85. The van der Waals surface area contributed by atoms with Crippen molar-refractivity contribution in [1.29, 1.82) is 5.26 Å². The number of nitriles is 1. The van der Waals surface area contributed by atoms with E-state index in [1.165, 1.54) is 11.3 Å². The Hall–Kier alpha value is -2.99. The number of imide groups is 1. The topological polar surface area (TPSA) is 117 Å².